The number of nitrogens with zero attached hydrogens (tertiary/aromatic N) is 3. The van der Waals surface area contributed by atoms with E-state index in [1.165, 1.54) is 5.56 Å². The van der Waals surface area contributed by atoms with Crippen molar-refractivity contribution in [2.45, 2.75) is 18.9 Å². The first kappa shape index (κ1) is 15.0. The molecule has 2 aromatic carbocycles. The first-order chi connectivity index (χ1) is 11.6. The Bertz CT molecular complexity index is 894. The number of hydrogen-bond acceptors (Lipinski definition) is 5. The van der Waals surface area contributed by atoms with E-state index in [2.05, 4.69) is 33.1 Å². The number of nitrogens with two attached hydrogens (primary N) is 2. The second-order valence-corrected chi connectivity index (χ2v) is 6.51. The molecule has 122 valence electrons. The summed E-state index contributed by atoms with van der Waals surface area (Å²) in [6.45, 7) is 1.01. The molecule has 0 amide bonds. The Morgan fingerprint density at radius 3 is 2.62 bits per heavy atom. The highest BCUT2D eigenvalue weighted by Gasteiger charge is 2.26. The van der Waals surface area contributed by atoms with E-state index in [1.54, 1.807) is 0 Å². The van der Waals surface area contributed by atoms with Crippen LogP contribution < -0.4 is 16.4 Å². The Hall–Kier alpha value is -2.53. The molecule has 0 saturated carbocycles. The number of fused-ring (bicyclic) bond motifs is 1. The maximum absolute atomic E-state index is 6.02. The highest BCUT2D eigenvalue weighted by Crippen LogP contribution is 2.37. The Morgan fingerprint density at radius 1 is 1.04 bits per heavy atom. The van der Waals surface area contributed by atoms with Crippen LogP contribution in [0.25, 0.3) is 10.9 Å². The van der Waals surface area contributed by atoms with Crippen molar-refractivity contribution in [3.05, 3.63) is 53.1 Å². The SMILES string of the molecule is Nc1nc(N)c2ccc(N3CCCC3c3ccc(Cl)cc3)cc2n1. The van der Waals surface area contributed by atoms with Gasteiger partial charge in [0, 0.05) is 22.6 Å². The largest absolute Gasteiger partial charge is 0.383 e. The average Bonchev–Trinajstić information content (AvgIpc) is 3.04. The molecule has 2 heterocycles. The van der Waals surface area contributed by atoms with Gasteiger partial charge < -0.3 is 16.4 Å². The van der Waals surface area contributed by atoms with Gasteiger partial charge in [-0.25, -0.2) is 4.98 Å². The summed E-state index contributed by atoms with van der Waals surface area (Å²) >= 11 is 6.02. The van der Waals surface area contributed by atoms with Gasteiger partial charge in [-0.15, -0.1) is 0 Å². The van der Waals surface area contributed by atoms with E-state index >= 15 is 0 Å². The second kappa shape index (κ2) is 5.83. The number of halogens is 1. The van der Waals surface area contributed by atoms with E-state index in [0.29, 0.717) is 11.9 Å². The van der Waals surface area contributed by atoms with Crippen LogP contribution in [0.1, 0.15) is 24.4 Å². The molecule has 24 heavy (non-hydrogen) atoms. The van der Waals surface area contributed by atoms with Gasteiger partial charge in [0.2, 0.25) is 5.95 Å². The molecule has 3 aromatic rings. The third-order valence-electron chi connectivity index (χ3n) is 4.57. The first-order valence-corrected chi connectivity index (χ1v) is 8.34. The van der Waals surface area contributed by atoms with Gasteiger partial charge in [-0.1, -0.05) is 23.7 Å². The molecular weight excluding hydrogens is 322 g/mol. The Labute approximate surface area is 145 Å². The van der Waals surface area contributed by atoms with Crippen LogP contribution >= 0.6 is 11.6 Å². The molecule has 0 aliphatic carbocycles. The van der Waals surface area contributed by atoms with Crippen LogP contribution in [0.4, 0.5) is 17.5 Å². The quantitative estimate of drug-likeness (QED) is 0.742. The predicted octanol–water partition coefficient (Wildman–Crippen LogP) is 3.79. The van der Waals surface area contributed by atoms with E-state index in [4.69, 9.17) is 23.1 Å². The van der Waals surface area contributed by atoms with Crippen LogP contribution in [-0.4, -0.2) is 16.5 Å². The molecule has 0 radical (unpaired) electrons. The minimum Gasteiger partial charge on any atom is -0.383 e. The summed E-state index contributed by atoms with van der Waals surface area (Å²) in [6, 6.07) is 14.5. The third kappa shape index (κ3) is 2.61. The molecule has 1 saturated heterocycles. The summed E-state index contributed by atoms with van der Waals surface area (Å²) in [6.07, 6.45) is 2.27. The van der Waals surface area contributed by atoms with E-state index in [9.17, 15) is 0 Å². The zero-order valence-electron chi connectivity index (χ0n) is 13.1. The predicted molar refractivity (Wildman–Crippen MR) is 99.1 cm³/mol. The van der Waals surface area contributed by atoms with Gasteiger partial charge in [0.15, 0.2) is 0 Å². The van der Waals surface area contributed by atoms with Crippen LogP contribution in [0.15, 0.2) is 42.5 Å². The summed E-state index contributed by atoms with van der Waals surface area (Å²) in [5.41, 5.74) is 14.8. The number of rotatable bonds is 2. The number of hydrogen-bond donors (Lipinski definition) is 2. The lowest BCUT2D eigenvalue weighted by Crippen LogP contribution is -2.22. The van der Waals surface area contributed by atoms with Crippen molar-refractivity contribution in [2.75, 3.05) is 22.9 Å². The van der Waals surface area contributed by atoms with Crippen molar-refractivity contribution in [3.63, 3.8) is 0 Å². The zero-order chi connectivity index (χ0) is 16.7. The lowest BCUT2D eigenvalue weighted by molar-refractivity contribution is 0.719. The monoisotopic (exact) mass is 339 g/mol. The lowest BCUT2D eigenvalue weighted by Gasteiger charge is -2.27. The van der Waals surface area contributed by atoms with Gasteiger partial charge in [-0.05, 0) is 48.7 Å². The molecule has 4 rings (SSSR count). The van der Waals surface area contributed by atoms with E-state index in [0.717, 1.165) is 41.0 Å². The summed E-state index contributed by atoms with van der Waals surface area (Å²) in [7, 11) is 0. The first-order valence-electron chi connectivity index (χ1n) is 7.97. The Kier molecular flexibility index (Phi) is 3.65. The average molecular weight is 340 g/mol. The molecular formula is C18H18ClN5. The number of benzene rings is 2. The molecule has 0 bridgehead atoms. The minimum absolute atomic E-state index is 0.202. The fourth-order valence-corrected chi connectivity index (χ4v) is 3.57. The molecule has 1 fully saturated rings. The highest BCUT2D eigenvalue weighted by atomic mass is 35.5. The van der Waals surface area contributed by atoms with Crippen molar-refractivity contribution in [3.8, 4) is 0 Å². The van der Waals surface area contributed by atoms with Crippen LogP contribution in [-0.2, 0) is 0 Å². The normalized spacial score (nSPS) is 17.5. The van der Waals surface area contributed by atoms with Crippen molar-refractivity contribution >= 4 is 40.0 Å². The minimum atomic E-state index is 0.202. The summed E-state index contributed by atoms with van der Waals surface area (Å²) in [5.74, 6) is 0.618. The van der Waals surface area contributed by atoms with Crippen molar-refractivity contribution < 1.29 is 0 Å². The van der Waals surface area contributed by atoms with Crippen molar-refractivity contribution in [2.24, 2.45) is 0 Å². The van der Waals surface area contributed by atoms with Crippen LogP contribution in [0.5, 0.6) is 0 Å². The molecule has 6 heteroatoms. The topological polar surface area (TPSA) is 81.1 Å². The molecule has 4 N–H and O–H groups in total. The number of anilines is 3. The van der Waals surface area contributed by atoms with Gasteiger partial charge >= 0.3 is 0 Å². The van der Waals surface area contributed by atoms with Crippen LogP contribution in [0.3, 0.4) is 0 Å². The summed E-state index contributed by atoms with van der Waals surface area (Å²) in [4.78, 5) is 10.7. The van der Waals surface area contributed by atoms with Gasteiger partial charge in [0.25, 0.3) is 0 Å². The highest BCUT2D eigenvalue weighted by molar-refractivity contribution is 6.30. The van der Waals surface area contributed by atoms with Crippen LogP contribution in [0.2, 0.25) is 5.02 Å². The van der Waals surface area contributed by atoms with Crippen molar-refractivity contribution in [1.82, 2.24) is 9.97 Å². The molecule has 1 aromatic heterocycles. The molecule has 0 spiro atoms. The Morgan fingerprint density at radius 2 is 1.83 bits per heavy atom. The zero-order valence-corrected chi connectivity index (χ0v) is 13.9. The molecule has 1 atom stereocenters. The smallest absolute Gasteiger partial charge is 0.222 e. The fraction of sp³-hybridized carbons (Fsp3) is 0.222. The van der Waals surface area contributed by atoms with E-state index in [-0.39, 0.29) is 5.95 Å². The molecule has 1 aliphatic rings. The fourth-order valence-electron chi connectivity index (χ4n) is 3.45. The Balaban J connectivity index is 1.74. The lowest BCUT2D eigenvalue weighted by atomic mass is 10.0. The van der Waals surface area contributed by atoms with Gasteiger partial charge in [-0.3, -0.25) is 0 Å². The molecule has 5 nitrogen and oxygen atoms in total. The number of aromatic nitrogens is 2. The van der Waals surface area contributed by atoms with Gasteiger partial charge in [0.1, 0.15) is 5.82 Å². The molecule has 1 aliphatic heterocycles. The van der Waals surface area contributed by atoms with E-state index < -0.39 is 0 Å². The molecule has 1 unspecified atom stereocenters. The summed E-state index contributed by atoms with van der Waals surface area (Å²) < 4.78 is 0. The number of nitrogen functional groups attached to an aromatic ring is 2. The standard InChI is InChI=1S/C18H18ClN5/c19-12-5-3-11(4-6-12)16-2-1-9-24(16)13-7-8-14-15(10-13)22-18(21)23-17(14)20/h3-8,10,16H,1-2,9H2,(H4,20,21,22,23). The second-order valence-electron chi connectivity index (χ2n) is 6.07. The van der Waals surface area contributed by atoms with E-state index in [1.807, 2.05) is 24.3 Å². The van der Waals surface area contributed by atoms with Gasteiger partial charge in [0.05, 0.1) is 11.6 Å². The van der Waals surface area contributed by atoms with Gasteiger partial charge in [-0.2, -0.15) is 4.98 Å². The maximum Gasteiger partial charge on any atom is 0.222 e. The maximum atomic E-state index is 6.02. The third-order valence-corrected chi connectivity index (χ3v) is 4.82. The van der Waals surface area contributed by atoms with Crippen LogP contribution in [0, 0.1) is 0 Å². The summed E-state index contributed by atoms with van der Waals surface area (Å²) in [5, 5.41) is 1.59. The van der Waals surface area contributed by atoms with Crippen molar-refractivity contribution in [1.29, 1.82) is 0 Å².